The molecule has 1 saturated carbocycles. The standard InChI is InChI=1S/C19H31N/c1-5-19(11-7-8-12-19)18(20-6-2)14-17-13-15(3)9-10-16(17)4/h9-10,13,18,20H,5-8,11-12,14H2,1-4H3. The van der Waals surface area contributed by atoms with Gasteiger partial charge in [0.15, 0.2) is 0 Å². The van der Waals surface area contributed by atoms with Gasteiger partial charge in [0.1, 0.15) is 0 Å². The van der Waals surface area contributed by atoms with Crippen molar-refractivity contribution >= 4 is 0 Å². The number of hydrogen-bond donors (Lipinski definition) is 1. The van der Waals surface area contributed by atoms with Crippen molar-refractivity contribution in [1.82, 2.24) is 5.32 Å². The molecule has 0 saturated heterocycles. The average Bonchev–Trinajstić information content (AvgIpc) is 2.92. The largest absolute Gasteiger partial charge is 0.313 e. The van der Waals surface area contributed by atoms with E-state index in [9.17, 15) is 0 Å². The summed E-state index contributed by atoms with van der Waals surface area (Å²) >= 11 is 0. The predicted molar refractivity (Wildman–Crippen MR) is 88.3 cm³/mol. The van der Waals surface area contributed by atoms with E-state index in [1.165, 1.54) is 55.2 Å². The third-order valence-corrected chi connectivity index (χ3v) is 5.42. The first-order valence-corrected chi connectivity index (χ1v) is 8.41. The number of nitrogens with one attached hydrogen (secondary N) is 1. The molecule has 0 bridgehead atoms. The Morgan fingerprint density at radius 2 is 1.85 bits per heavy atom. The summed E-state index contributed by atoms with van der Waals surface area (Å²) < 4.78 is 0. The molecule has 1 aromatic rings. The van der Waals surface area contributed by atoms with Gasteiger partial charge in [-0.2, -0.15) is 0 Å². The third kappa shape index (κ3) is 3.25. The third-order valence-electron chi connectivity index (χ3n) is 5.42. The Labute approximate surface area is 125 Å². The first-order valence-electron chi connectivity index (χ1n) is 8.41. The Morgan fingerprint density at radius 3 is 2.45 bits per heavy atom. The van der Waals surface area contributed by atoms with Crippen molar-refractivity contribution in [2.75, 3.05) is 6.54 Å². The molecular weight excluding hydrogens is 242 g/mol. The molecule has 0 spiro atoms. The van der Waals surface area contributed by atoms with Gasteiger partial charge >= 0.3 is 0 Å². The normalized spacial score (nSPS) is 19.2. The molecule has 1 atom stereocenters. The maximum atomic E-state index is 3.81. The van der Waals surface area contributed by atoms with E-state index in [-0.39, 0.29) is 0 Å². The summed E-state index contributed by atoms with van der Waals surface area (Å²) in [6, 6.07) is 7.53. The van der Waals surface area contributed by atoms with E-state index in [0.29, 0.717) is 11.5 Å². The van der Waals surface area contributed by atoms with Gasteiger partial charge in [0, 0.05) is 6.04 Å². The van der Waals surface area contributed by atoms with Gasteiger partial charge in [-0.1, -0.05) is 50.5 Å². The first kappa shape index (κ1) is 15.6. The second-order valence-electron chi connectivity index (χ2n) is 6.67. The van der Waals surface area contributed by atoms with E-state index in [1.807, 2.05) is 0 Å². The monoisotopic (exact) mass is 273 g/mol. The van der Waals surface area contributed by atoms with Gasteiger partial charge in [-0.25, -0.2) is 0 Å². The minimum atomic E-state index is 0.534. The van der Waals surface area contributed by atoms with Crippen LogP contribution in [0.4, 0.5) is 0 Å². The van der Waals surface area contributed by atoms with Gasteiger partial charge in [-0.15, -0.1) is 0 Å². The highest BCUT2D eigenvalue weighted by Crippen LogP contribution is 2.44. The number of benzene rings is 1. The van der Waals surface area contributed by atoms with Crippen LogP contribution in [0.25, 0.3) is 0 Å². The van der Waals surface area contributed by atoms with Crippen LogP contribution in [0.5, 0.6) is 0 Å². The summed E-state index contributed by atoms with van der Waals surface area (Å²) in [5.74, 6) is 0. The molecule has 20 heavy (non-hydrogen) atoms. The topological polar surface area (TPSA) is 12.0 Å². The van der Waals surface area contributed by atoms with Crippen LogP contribution in [0.15, 0.2) is 18.2 Å². The van der Waals surface area contributed by atoms with E-state index in [0.717, 1.165) is 6.54 Å². The number of rotatable bonds is 6. The molecule has 0 radical (unpaired) electrons. The lowest BCUT2D eigenvalue weighted by atomic mass is 9.73. The van der Waals surface area contributed by atoms with Crippen LogP contribution in [0.1, 0.15) is 62.6 Å². The summed E-state index contributed by atoms with van der Waals surface area (Å²) in [4.78, 5) is 0. The Morgan fingerprint density at radius 1 is 1.15 bits per heavy atom. The Kier molecular flexibility index (Phi) is 5.26. The highest BCUT2D eigenvalue weighted by atomic mass is 14.9. The summed E-state index contributed by atoms with van der Waals surface area (Å²) in [6.45, 7) is 10.2. The van der Waals surface area contributed by atoms with Gasteiger partial charge < -0.3 is 5.32 Å². The molecule has 1 heteroatoms. The maximum Gasteiger partial charge on any atom is 0.0164 e. The summed E-state index contributed by atoms with van der Waals surface area (Å²) in [5, 5.41) is 3.81. The van der Waals surface area contributed by atoms with Gasteiger partial charge in [0.05, 0.1) is 0 Å². The number of hydrogen-bond acceptors (Lipinski definition) is 1. The van der Waals surface area contributed by atoms with Crippen LogP contribution in [0.2, 0.25) is 0 Å². The maximum absolute atomic E-state index is 3.81. The van der Waals surface area contributed by atoms with Crippen LogP contribution < -0.4 is 5.32 Å². The van der Waals surface area contributed by atoms with Crippen molar-refractivity contribution in [3.63, 3.8) is 0 Å². The minimum absolute atomic E-state index is 0.534. The minimum Gasteiger partial charge on any atom is -0.313 e. The number of likely N-dealkylation sites (N-methyl/N-ethyl adjacent to an activating group) is 1. The van der Waals surface area contributed by atoms with Crippen molar-refractivity contribution in [2.45, 2.75) is 72.3 Å². The zero-order chi connectivity index (χ0) is 14.6. The van der Waals surface area contributed by atoms with Crippen molar-refractivity contribution < 1.29 is 0 Å². The second kappa shape index (κ2) is 6.76. The Bertz CT molecular complexity index is 429. The van der Waals surface area contributed by atoms with E-state index in [1.54, 1.807) is 0 Å². The van der Waals surface area contributed by atoms with Crippen LogP contribution in [-0.2, 0) is 6.42 Å². The van der Waals surface area contributed by atoms with Gasteiger partial charge in [0.2, 0.25) is 0 Å². The Hall–Kier alpha value is -0.820. The van der Waals surface area contributed by atoms with Crippen molar-refractivity contribution in [1.29, 1.82) is 0 Å². The lowest BCUT2D eigenvalue weighted by molar-refractivity contribution is 0.186. The van der Waals surface area contributed by atoms with Crippen molar-refractivity contribution in [2.24, 2.45) is 5.41 Å². The van der Waals surface area contributed by atoms with Gasteiger partial charge in [-0.3, -0.25) is 0 Å². The summed E-state index contributed by atoms with van der Waals surface area (Å²) in [7, 11) is 0. The fourth-order valence-corrected chi connectivity index (χ4v) is 4.02. The van der Waals surface area contributed by atoms with Crippen molar-refractivity contribution in [3.8, 4) is 0 Å². The smallest absolute Gasteiger partial charge is 0.0164 e. The summed E-state index contributed by atoms with van der Waals surface area (Å²) in [6.07, 6.45) is 8.16. The molecule has 0 aromatic heterocycles. The molecule has 0 heterocycles. The molecule has 0 aliphatic heterocycles. The molecule has 112 valence electrons. The van der Waals surface area contributed by atoms with Crippen LogP contribution in [-0.4, -0.2) is 12.6 Å². The number of aryl methyl sites for hydroxylation is 2. The molecule has 1 aliphatic carbocycles. The molecule has 1 fully saturated rings. The van der Waals surface area contributed by atoms with Gasteiger partial charge in [-0.05, 0) is 62.6 Å². The highest BCUT2D eigenvalue weighted by Gasteiger charge is 2.39. The molecule has 0 amide bonds. The van der Waals surface area contributed by atoms with Crippen LogP contribution in [0.3, 0.4) is 0 Å². The van der Waals surface area contributed by atoms with E-state index in [4.69, 9.17) is 0 Å². The van der Waals surface area contributed by atoms with Crippen LogP contribution in [0, 0.1) is 19.3 Å². The van der Waals surface area contributed by atoms with Gasteiger partial charge in [0.25, 0.3) is 0 Å². The van der Waals surface area contributed by atoms with E-state index in [2.05, 4.69) is 51.2 Å². The van der Waals surface area contributed by atoms with Crippen molar-refractivity contribution in [3.05, 3.63) is 34.9 Å². The second-order valence-corrected chi connectivity index (χ2v) is 6.67. The van der Waals surface area contributed by atoms with E-state index < -0.39 is 0 Å². The predicted octanol–water partition coefficient (Wildman–Crippen LogP) is 4.79. The molecule has 1 aromatic carbocycles. The lowest BCUT2D eigenvalue weighted by Crippen LogP contribution is -2.45. The molecule has 1 aliphatic rings. The molecule has 1 N–H and O–H groups in total. The molecule has 1 nitrogen and oxygen atoms in total. The zero-order valence-corrected chi connectivity index (χ0v) is 13.8. The lowest BCUT2D eigenvalue weighted by Gasteiger charge is -2.38. The molecule has 2 rings (SSSR count). The van der Waals surface area contributed by atoms with E-state index >= 15 is 0 Å². The molecular formula is C19H31N. The fourth-order valence-electron chi connectivity index (χ4n) is 4.02. The summed E-state index contributed by atoms with van der Waals surface area (Å²) in [5.41, 5.74) is 4.91. The first-order chi connectivity index (χ1) is 9.61. The fraction of sp³-hybridized carbons (Fsp3) is 0.684. The SMILES string of the molecule is CCNC(Cc1cc(C)ccc1C)C1(CC)CCCC1. The van der Waals surface area contributed by atoms with Crippen LogP contribution >= 0.6 is 0 Å². The molecule has 1 unspecified atom stereocenters. The zero-order valence-electron chi connectivity index (χ0n) is 13.8. The highest BCUT2D eigenvalue weighted by molar-refractivity contribution is 5.31. The Balaban J connectivity index is 2.22. The average molecular weight is 273 g/mol. The quantitative estimate of drug-likeness (QED) is 0.785.